The van der Waals surface area contributed by atoms with Crippen molar-refractivity contribution in [3.63, 3.8) is 0 Å². The molecule has 0 aliphatic rings. The minimum atomic E-state index is -0.383. The molecule has 0 saturated carbocycles. The maximum absolute atomic E-state index is 11.9. The van der Waals surface area contributed by atoms with E-state index in [1.807, 2.05) is 46.6 Å². The molecular formula is C12H26N2O2. The molecule has 1 amide bonds. The first-order valence-corrected chi connectivity index (χ1v) is 5.90. The van der Waals surface area contributed by atoms with E-state index in [-0.39, 0.29) is 30.1 Å². The number of hydrogen-bond acceptors (Lipinski definition) is 3. The topological polar surface area (TPSA) is 52.6 Å². The number of rotatable bonds is 6. The van der Waals surface area contributed by atoms with Crippen LogP contribution in [-0.2, 0) is 4.79 Å². The van der Waals surface area contributed by atoms with Gasteiger partial charge in [0.05, 0.1) is 12.6 Å². The molecule has 0 aliphatic carbocycles. The van der Waals surface area contributed by atoms with Crippen LogP contribution in [0.1, 0.15) is 41.0 Å². The summed E-state index contributed by atoms with van der Waals surface area (Å²) in [6.07, 6.45) is 0.922. The van der Waals surface area contributed by atoms with E-state index in [2.05, 4.69) is 5.32 Å². The van der Waals surface area contributed by atoms with Crippen LogP contribution >= 0.6 is 0 Å². The molecule has 0 fully saturated rings. The first-order chi connectivity index (χ1) is 7.26. The van der Waals surface area contributed by atoms with Gasteiger partial charge in [-0.15, -0.1) is 0 Å². The maximum atomic E-state index is 11.9. The van der Waals surface area contributed by atoms with Crippen molar-refractivity contribution in [3.05, 3.63) is 0 Å². The van der Waals surface area contributed by atoms with E-state index in [9.17, 15) is 9.90 Å². The van der Waals surface area contributed by atoms with Gasteiger partial charge >= 0.3 is 0 Å². The van der Waals surface area contributed by atoms with Crippen LogP contribution in [0.15, 0.2) is 0 Å². The third-order valence-electron chi connectivity index (χ3n) is 3.30. The van der Waals surface area contributed by atoms with E-state index < -0.39 is 0 Å². The molecule has 0 rings (SSSR count). The van der Waals surface area contributed by atoms with Gasteiger partial charge in [-0.05, 0) is 41.2 Å². The van der Waals surface area contributed by atoms with Gasteiger partial charge in [-0.3, -0.25) is 9.69 Å². The average Bonchev–Trinajstić information content (AvgIpc) is 2.26. The smallest absolute Gasteiger partial charge is 0.237 e. The first-order valence-electron chi connectivity index (χ1n) is 5.90. The molecule has 0 aromatic heterocycles. The van der Waals surface area contributed by atoms with Gasteiger partial charge in [0, 0.05) is 11.6 Å². The van der Waals surface area contributed by atoms with Gasteiger partial charge in [-0.1, -0.05) is 6.92 Å². The molecule has 0 saturated heterocycles. The van der Waals surface area contributed by atoms with Crippen molar-refractivity contribution in [1.82, 2.24) is 10.2 Å². The van der Waals surface area contributed by atoms with Crippen molar-refractivity contribution in [2.75, 3.05) is 13.7 Å². The van der Waals surface area contributed by atoms with Crippen LogP contribution in [0, 0.1) is 0 Å². The number of likely N-dealkylation sites (N-methyl/N-ethyl adjacent to an activating group) is 1. The summed E-state index contributed by atoms with van der Waals surface area (Å²) in [5.41, 5.74) is -0.383. The molecule has 96 valence electrons. The zero-order valence-electron chi connectivity index (χ0n) is 11.4. The maximum Gasteiger partial charge on any atom is 0.237 e. The Morgan fingerprint density at radius 3 is 2.31 bits per heavy atom. The summed E-state index contributed by atoms with van der Waals surface area (Å²) in [6.45, 7) is 9.75. The molecule has 0 heterocycles. The summed E-state index contributed by atoms with van der Waals surface area (Å²) in [7, 11) is 1.86. The summed E-state index contributed by atoms with van der Waals surface area (Å²) in [5.74, 6) is 0.0124. The van der Waals surface area contributed by atoms with Crippen LogP contribution in [0.3, 0.4) is 0 Å². The van der Waals surface area contributed by atoms with Gasteiger partial charge in [0.1, 0.15) is 0 Å². The lowest BCUT2D eigenvalue weighted by molar-refractivity contribution is -0.128. The molecule has 0 bridgehead atoms. The quantitative estimate of drug-likeness (QED) is 0.715. The Morgan fingerprint density at radius 1 is 1.44 bits per heavy atom. The lowest BCUT2D eigenvalue weighted by atomic mass is 10.0. The second kappa shape index (κ2) is 6.21. The minimum Gasteiger partial charge on any atom is -0.394 e. The summed E-state index contributed by atoms with van der Waals surface area (Å²) < 4.78 is 0. The standard InChI is InChI=1S/C12H26N2O2/c1-7-9(2)13-11(16)10(3)14(6)12(4,5)8-15/h9-10,15H,7-8H2,1-6H3,(H,13,16). The fourth-order valence-electron chi connectivity index (χ4n) is 1.28. The molecule has 0 spiro atoms. The molecule has 0 aromatic carbocycles. The summed E-state index contributed by atoms with van der Waals surface area (Å²) in [5, 5.41) is 12.2. The summed E-state index contributed by atoms with van der Waals surface area (Å²) in [4.78, 5) is 13.8. The Hall–Kier alpha value is -0.610. The third kappa shape index (κ3) is 4.10. The van der Waals surface area contributed by atoms with Crippen molar-refractivity contribution >= 4 is 5.91 Å². The largest absolute Gasteiger partial charge is 0.394 e. The highest BCUT2D eigenvalue weighted by molar-refractivity contribution is 5.81. The second-order valence-electron chi connectivity index (χ2n) is 5.08. The van der Waals surface area contributed by atoms with Gasteiger partial charge < -0.3 is 10.4 Å². The predicted octanol–water partition coefficient (Wildman–Crippen LogP) is 0.992. The number of nitrogens with zero attached hydrogens (tertiary/aromatic N) is 1. The van der Waals surface area contributed by atoms with Crippen molar-refractivity contribution in [2.45, 2.75) is 58.7 Å². The highest BCUT2D eigenvalue weighted by Gasteiger charge is 2.30. The highest BCUT2D eigenvalue weighted by Crippen LogP contribution is 2.14. The number of carbonyl (C=O) groups is 1. The number of amides is 1. The summed E-state index contributed by atoms with van der Waals surface area (Å²) >= 11 is 0. The molecule has 2 atom stereocenters. The van der Waals surface area contributed by atoms with Crippen molar-refractivity contribution in [1.29, 1.82) is 0 Å². The average molecular weight is 230 g/mol. The molecule has 2 N–H and O–H groups in total. The molecule has 0 radical (unpaired) electrons. The van der Waals surface area contributed by atoms with Gasteiger partial charge in [-0.25, -0.2) is 0 Å². The number of carbonyl (C=O) groups excluding carboxylic acids is 1. The van der Waals surface area contributed by atoms with E-state index in [0.29, 0.717) is 0 Å². The Labute approximate surface area is 99.0 Å². The van der Waals surface area contributed by atoms with Crippen LogP contribution in [0.2, 0.25) is 0 Å². The zero-order valence-corrected chi connectivity index (χ0v) is 11.4. The summed E-state index contributed by atoms with van der Waals surface area (Å²) in [6, 6.07) is -0.0447. The van der Waals surface area contributed by atoms with E-state index in [1.165, 1.54) is 0 Å². The molecule has 2 unspecified atom stereocenters. The second-order valence-corrected chi connectivity index (χ2v) is 5.08. The van der Waals surface area contributed by atoms with E-state index in [4.69, 9.17) is 0 Å². The zero-order chi connectivity index (χ0) is 12.9. The molecule has 4 heteroatoms. The van der Waals surface area contributed by atoms with Gasteiger partial charge in [-0.2, -0.15) is 0 Å². The lowest BCUT2D eigenvalue weighted by Gasteiger charge is -2.38. The van der Waals surface area contributed by atoms with Gasteiger partial charge in [0.25, 0.3) is 0 Å². The van der Waals surface area contributed by atoms with Crippen molar-refractivity contribution in [2.24, 2.45) is 0 Å². The fraction of sp³-hybridized carbons (Fsp3) is 0.917. The van der Waals surface area contributed by atoms with E-state index in [0.717, 1.165) is 6.42 Å². The Morgan fingerprint density at radius 2 is 1.94 bits per heavy atom. The van der Waals surface area contributed by atoms with Crippen LogP contribution in [-0.4, -0.2) is 47.2 Å². The first kappa shape index (κ1) is 15.4. The molecule has 4 nitrogen and oxygen atoms in total. The minimum absolute atomic E-state index is 0.0124. The number of nitrogens with one attached hydrogen (secondary N) is 1. The van der Waals surface area contributed by atoms with Gasteiger partial charge in [0.15, 0.2) is 0 Å². The number of aliphatic hydroxyl groups excluding tert-OH is 1. The van der Waals surface area contributed by atoms with E-state index in [1.54, 1.807) is 0 Å². The highest BCUT2D eigenvalue weighted by atomic mass is 16.3. The Kier molecular flexibility index (Phi) is 5.97. The van der Waals surface area contributed by atoms with Crippen LogP contribution in [0.4, 0.5) is 0 Å². The molecule has 0 aliphatic heterocycles. The SMILES string of the molecule is CCC(C)NC(=O)C(C)N(C)C(C)(C)CO. The lowest BCUT2D eigenvalue weighted by Crippen LogP contribution is -2.55. The monoisotopic (exact) mass is 230 g/mol. The Balaban J connectivity index is 4.43. The van der Waals surface area contributed by atoms with Crippen molar-refractivity contribution in [3.8, 4) is 0 Å². The van der Waals surface area contributed by atoms with Crippen LogP contribution in [0.25, 0.3) is 0 Å². The van der Waals surface area contributed by atoms with Crippen LogP contribution in [0.5, 0.6) is 0 Å². The number of hydrogen-bond donors (Lipinski definition) is 2. The van der Waals surface area contributed by atoms with Gasteiger partial charge in [0.2, 0.25) is 5.91 Å². The normalized spacial score (nSPS) is 16.0. The van der Waals surface area contributed by atoms with Crippen molar-refractivity contribution < 1.29 is 9.90 Å². The van der Waals surface area contributed by atoms with E-state index >= 15 is 0 Å². The van der Waals surface area contributed by atoms with Crippen LogP contribution < -0.4 is 5.32 Å². The third-order valence-corrected chi connectivity index (χ3v) is 3.30. The number of aliphatic hydroxyl groups is 1. The molecule has 0 aromatic rings. The predicted molar refractivity (Wildman–Crippen MR) is 66.3 cm³/mol. The molecular weight excluding hydrogens is 204 g/mol. The fourth-order valence-corrected chi connectivity index (χ4v) is 1.28. The Bertz CT molecular complexity index is 229. The molecule has 16 heavy (non-hydrogen) atoms.